The van der Waals surface area contributed by atoms with Crippen LogP contribution in [0.1, 0.15) is 46.2 Å². The van der Waals surface area contributed by atoms with Crippen molar-refractivity contribution in [3.05, 3.63) is 11.8 Å². The molecule has 0 unspecified atom stereocenters. The Balaban J connectivity index is 2.21. The minimum absolute atomic E-state index is 0.0986. The largest absolute Gasteiger partial charge is 0.442 e. The molecule has 0 saturated heterocycles. The van der Waals surface area contributed by atoms with Crippen molar-refractivity contribution in [2.45, 2.75) is 51.6 Å². The molecule has 0 bridgehead atoms. The summed E-state index contributed by atoms with van der Waals surface area (Å²) >= 11 is 0. The molecule has 1 saturated carbocycles. The second-order valence-corrected chi connectivity index (χ2v) is 5.91. The molecule has 17 heavy (non-hydrogen) atoms. The second kappa shape index (κ2) is 3.48. The molecular formula is C12H19N3O2. The van der Waals surface area contributed by atoms with E-state index in [2.05, 4.69) is 12.0 Å². The lowest BCUT2D eigenvalue weighted by molar-refractivity contribution is 0.0518. The van der Waals surface area contributed by atoms with Gasteiger partial charge in [0.2, 0.25) is 0 Å². The van der Waals surface area contributed by atoms with Crippen molar-refractivity contribution >= 4 is 11.9 Å². The number of rotatable bonds is 1. The predicted molar refractivity (Wildman–Crippen MR) is 64.9 cm³/mol. The molecule has 1 fully saturated rings. The number of anilines is 1. The van der Waals surface area contributed by atoms with Gasteiger partial charge in [0.15, 0.2) is 0 Å². The molecule has 2 N–H and O–H groups in total. The minimum Gasteiger partial charge on any atom is -0.442 e. The number of nitrogens with two attached hydrogens (primary N) is 1. The maximum Gasteiger partial charge on any atom is 0.437 e. The number of ether oxygens (including phenoxy) is 1. The van der Waals surface area contributed by atoms with Crippen LogP contribution in [0.4, 0.5) is 10.6 Å². The van der Waals surface area contributed by atoms with Crippen LogP contribution < -0.4 is 5.73 Å². The Kier molecular flexibility index (Phi) is 2.45. The molecule has 5 nitrogen and oxygen atoms in total. The third kappa shape index (κ3) is 2.43. The first kappa shape index (κ1) is 12.0. The second-order valence-electron chi connectivity index (χ2n) is 5.91. The van der Waals surface area contributed by atoms with Gasteiger partial charge in [0.1, 0.15) is 11.4 Å². The van der Waals surface area contributed by atoms with Gasteiger partial charge in [-0.15, -0.1) is 4.68 Å². The van der Waals surface area contributed by atoms with E-state index in [4.69, 9.17) is 10.5 Å². The zero-order valence-electron chi connectivity index (χ0n) is 10.8. The number of hydrogen-bond acceptors (Lipinski definition) is 4. The van der Waals surface area contributed by atoms with Gasteiger partial charge in [-0.2, -0.15) is 5.10 Å². The number of carbonyl (C=O) groups excluding carboxylic acids is 1. The fourth-order valence-corrected chi connectivity index (χ4v) is 1.59. The molecule has 1 aliphatic rings. The summed E-state index contributed by atoms with van der Waals surface area (Å²) in [6.07, 6.45) is 1.67. The molecule has 5 heteroatoms. The Hall–Kier alpha value is -1.52. The molecule has 1 heterocycles. The number of carbonyl (C=O) groups is 1. The number of aromatic nitrogens is 2. The van der Waals surface area contributed by atoms with Gasteiger partial charge in [-0.25, -0.2) is 4.79 Å². The predicted octanol–water partition coefficient (Wildman–Crippen LogP) is 2.30. The van der Waals surface area contributed by atoms with E-state index in [0.717, 1.165) is 23.2 Å². The monoisotopic (exact) mass is 237 g/mol. The molecular weight excluding hydrogens is 218 g/mol. The van der Waals surface area contributed by atoms with Crippen molar-refractivity contribution in [1.82, 2.24) is 9.78 Å². The lowest BCUT2D eigenvalue weighted by Crippen LogP contribution is -2.28. The first-order valence-corrected chi connectivity index (χ1v) is 5.81. The Morgan fingerprint density at radius 2 is 2.12 bits per heavy atom. The van der Waals surface area contributed by atoms with E-state index in [1.165, 1.54) is 0 Å². The fourth-order valence-electron chi connectivity index (χ4n) is 1.59. The van der Waals surface area contributed by atoms with Crippen LogP contribution in [-0.2, 0) is 10.2 Å². The minimum atomic E-state index is -0.543. The normalized spacial score (nSPS) is 17.9. The van der Waals surface area contributed by atoms with Crippen LogP contribution in [0.15, 0.2) is 6.07 Å². The molecule has 1 aromatic heterocycles. The fraction of sp³-hybridized carbons (Fsp3) is 0.667. The summed E-state index contributed by atoms with van der Waals surface area (Å²) in [7, 11) is 0. The topological polar surface area (TPSA) is 70.1 Å². The highest BCUT2D eigenvalue weighted by molar-refractivity contribution is 5.74. The Bertz CT molecular complexity index is 453. The van der Waals surface area contributed by atoms with Gasteiger partial charge in [-0.1, -0.05) is 6.92 Å². The van der Waals surface area contributed by atoms with E-state index in [1.54, 1.807) is 6.07 Å². The first-order chi connectivity index (χ1) is 7.71. The van der Waals surface area contributed by atoms with Gasteiger partial charge in [-0.3, -0.25) is 0 Å². The molecule has 94 valence electrons. The third-order valence-electron chi connectivity index (χ3n) is 2.92. The van der Waals surface area contributed by atoms with E-state index in [-0.39, 0.29) is 5.41 Å². The molecule has 1 aliphatic carbocycles. The number of nitrogen functional groups attached to an aromatic ring is 1. The van der Waals surface area contributed by atoms with Crippen molar-refractivity contribution in [2.75, 3.05) is 5.73 Å². The summed E-state index contributed by atoms with van der Waals surface area (Å²) in [5.41, 5.74) is 6.22. The van der Waals surface area contributed by atoms with Crippen molar-refractivity contribution in [1.29, 1.82) is 0 Å². The van der Waals surface area contributed by atoms with E-state index in [0.29, 0.717) is 5.82 Å². The summed E-state index contributed by atoms with van der Waals surface area (Å²) in [5.74, 6) is 0.336. The molecule has 1 aromatic rings. The van der Waals surface area contributed by atoms with Gasteiger partial charge >= 0.3 is 6.09 Å². The quantitative estimate of drug-likeness (QED) is 0.813. The van der Waals surface area contributed by atoms with E-state index in [9.17, 15) is 4.79 Å². The summed E-state index contributed by atoms with van der Waals surface area (Å²) in [5, 5.41) is 4.24. The summed E-state index contributed by atoms with van der Waals surface area (Å²) in [4.78, 5) is 11.8. The highest BCUT2D eigenvalue weighted by Crippen LogP contribution is 2.47. The van der Waals surface area contributed by atoms with Crippen LogP contribution in [0.5, 0.6) is 0 Å². The third-order valence-corrected chi connectivity index (χ3v) is 2.92. The highest BCUT2D eigenvalue weighted by atomic mass is 16.6. The number of hydrogen-bond donors (Lipinski definition) is 1. The van der Waals surface area contributed by atoms with Crippen molar-refractivity contribution in [2.24, 2.45) is 0 Å². The van der Waals surface area contributed by atoms with Crippen LogP contribution >= 0.6 is 0 Å². The Morgan fingerprint density at radius 1 is 1.53 bits per heavy atom. The summed E-state index contributed by atoms with van der Waals surface area (Å²) < 4.78 is 6.38. The maximum absolute atomic E-state index is 11.8. The van der Waals surface area contributed by atoms with Gasteiger partial charge in [0.05, 0.1) is 5.69 Å². The average molecular weight is 237 g/mol. The van der Waals surface area contributed by atoms with Crippen LogP contribution in [0.25, 0.3) is 0 Å². The van der Waals surface area contributed by atoms with Gasteiger partial charge < -0.3 is 10.5 Å². The lowest BCUT2D eigenvalue weighted by Gasteiger charge is -2.19. The van der Waals surface area contributed by atoms with Gasteiger partial charge in [0, 0.05) is 11.5 Å². The van der Waals surface area contributed by atoms with Gasteiger partial charge in [0.25, 0.3) is 0 Å². The Morgan fingerprint density at radius 3 is 2.59 bits per heavy atom. The molecule has 0 spiro atoms. The summed E-state index contributed by atoms with van der Waals surface area (Å²) in [6, 6.07) is 1.76. The lowest BCUT2D eigenvalue weighted by atomic mass is 10.1. The molecule has 0 amide bonds. The maximum atomic E-state index is 11.8. The molecule has 0 radical (unpaired) electrons. The summed E-state index contributed by atoms with van der Waals surface area (Å²) in [6.45, 7) is 7.56. The molecule has 0 aromatic carbocycles. The first-order valence-electron chi connectivity index (χ1n) is 5.81. The molecule has 2 rings (SSSR count). The van der Waals surface area contributed by atoms with Crippen molar-refractivity contribution in [3.63, 3.8) is 0 Å². The van der Waals surface area contributed by atoms with Crippen molar-refractivity contribution in [3.8, 4) is 0 Å². The van der Waals surface area contributed by atoms with Crippen LogP contribution in [0.3, 0.4) is 0 Å². The zero-order valence-corrected chi connectivity index (χ0v) is 10.8. The zero-order chi connectivity index (χ0) is 12.8. The van der Waals surface area contributed by atoms with Crippen LogP contribution in [0.2, 0.25) is 0 Å². The standard InChI is InChI=1S/C12H19N3O2/c1-11(2,3)17-10(16)15-9(13)7-8(14-15)12(4)5-6-12/h7H,5-6,13H2,1-4H3. The van der Waals surface area contributed by atoms with Gasteiger partial charge in [-0.05, 0) is 33.6 Å². The number of nitrogens with zero attached hydrogens (tertiary/aromatic N) is 2. The molecule has 0 aliphatic heterocycles. The van der Waals surface area contributed by atoms with E-state index >= 15 is 0 Å². The van der Waals surface area contributed by atoms with Crippen LogP contribution in [-0.4, -0.2) is 21.5 Å². The average Bonchev–Trinajstić information content (AvgIpc) is 2.75. The smallest absolute Gasteiger partial charge is 0.437 e. The van der Waals surface area contributed by atoms with Crippen molar-refractivity contribution < 1.29 is 9.53 Å². The van der Waals surface area contributed by atoms with E-state index < -0.39 is 11.7 Å². The Labute approximate surface area is 101 Å². The molecule has 0 atom stereocenters. The van der Waals surface area contributed by atoms with E-state index in [1.807, 2.05) is 20.8 Å². The highest BCUT2D eigenvalue weighted by Gasteiger charge is 2.42. The van der Waals surface area contributed by atoms with Crippen LogP contribution in [0, 0.1) is 0 Å². The SMILES string of the molecule is CC(C)(C)OC(=O)n1nc(C2(C)CC2)cc1N.